The molecule has 5 heteroatoms. The molecule has 0 unspecified atom stereocenters. The van der Waals surface area contributed by atoms with Crippen molar-refractivity contribution in [2.45, 2.75) is 51.4 Å². The molecule has 2 heterocycles. The van der Waals surface area contributed by atoms with Crippen LogP contribution in [0.25, 0.3) is 0 Å². The Morgan fingerprint density at radius 2 is 2.28 bits per heavy atom. The van der Waals surface area contributed by atoms with E-state index in [0.717, 1.165) is 30.5 Å². The van der Waals surface area contributed by atoms with Crippen molar-refractivity contribution in [3.8, 4) is 0 Å². The minimum absolute atomic E-state index is 0.221. The third-order valence-electron chi connectivity index (χ3n) is 3.73. The van der Waals surface area contributed by atoms with Gasteiger partial charge in [-0.05, 0) is 13.8 Å². The second-order valence-corrected chi connectivity index (χ2v) is 7.23. The second-order valence-electron chi connectivity index (χ2n) is 5.31. The van der Waals surface area contributed by atoms with Gasteiger partial charge in [-0.3, -0.25) is 9.11 Å². The largest absolute Gasteiger partial charge is 0.444 e. The van der Waals surface area contributed by atoms with Crippen LogP contribution in [0.2, 0.25) is 0 Å². The summed E-state index contributed by atoms with van der Waals surface area (Å²) in [5.41, 5.74) is 0. The normalized spacial score (nSPS) is 29.9. The fraction of sp³-hybridized carbons (Fsp3) is 0.769. The molecule has 0 aliphatic carbocycles. The van der Waals surface area contributed by atoms with E-state index in [-0.39, 0.29) is 5.25 Å². The molecule has 0 N–H and O–H groups in total. The quantitative estimate of drug-likeness (QED) is 0.844. The number of oxazole rings is 1. The minimum atomic E-state index is -0.689. The van der Waals surface area contributed by atoms with E-state index in [1.165, 1.54) is 0 Å². The average molecular weight is 270 g/mol. The Labute approximate surface area is 111 Å². The van der Waals surface area contributed by atoms with Crippen molar-refractivity contribution in [2.75, 3.05) is 12.3 Å². The van der Waals surface area contributed by atoms with Crippen molar-refractivity contribution in [1.82, 2.24) is 9.88 Å². The standard InChI is InChI=1S/C13H22N2O2S/c1-9(2)12-7-14-13(17-12)8-15-5-6-18(16)11(4)10(15)3/h7,9-11H,5-6,8H2,1-4H3/t10-,11+,18+/m1/s1. The molecule has 3 atom stereocenters. The van der Waals surface area contributed by atoms with Crippen LogP contribution in [0.5, 0.6) is 0 Å². The van der Waals surface area contributed by atoms with Gasteiger partial charge in [0, 0.05) is 40.3 Å². The molecule has 1 saturated heterocycles. The van der Waals surface area contributed by atoms with E-state index in [2.05, 4.69) is 37.6 Å². The molecule has 2 rings (SSSR count). The Kier molecular flexibility index (Phi) is 4.22. The maximum atomic E-state index is 11.7. The highest BCUT2D eigenvalue weighted by Crippen LogP contribution is 2.20. The van der Waals surface area contributed by atoms with Crippen LogP contribution in [0, 0.1) is 0 Å². The van der Waals surface area contributed by atoms with Crippen molar-refractivity contribution in [2.24, 2.45) is 0 Å². The lowest BCUT2D eigenvalue weighted by atomic mass is 10.2. The maximum absolute atomic E-state index is 11.7. The molecule has 0 spiro atoms. The molecule has 0 aromatic carbocycles. The van der Waals surface area contributed by atoms with E-state index in [1.807, 2.05) is 6.20 Å². The SMILES string of the molecule is CC(C)c1cnc(CN2CC[S@](=O)[C@@H](C)[C@H]2C)o1. The van der Waals surface area contributed by atoms with Gasteiger partial charge in [0.25, 0.3) is 0 Å². The molecule has 102 valence electrons. The molecule has 18 heavy (non-hydrogen) atoms. The lowest BCUT2D eigenvalue weighted by Crippen LogP contribution is -2.49. The summed E-state index contributed by atoms with van der Waals surface area (Å²) >= 11 is 0. The fourth-order valence-corrected chi connectivity index (χ4v) is 3.57. The lowest BCUT2D eigenvalue weighted by Gasteiger charge is -2.36. The third kappa shape index (κ3) is 2.83. The van der Waals surface area contributed by atoms with Crippen LogP contribution in [0.15, 0.2) is 10.6 Å². The van der Waals surface area contributed by atoms with Gasteiger partial charge in [-0.1, -0.05) is 13.8 Å². The molecule has 1 aromatic rings. The summed E-state index contributed by atoms with van der Waals surface area (Å²) in [6, 6.07) is 0.314. The predicted octanol–water partition coefficient (Wildman–Crippen LogP) is 2.14. The van der Waals surface area contributed by atoms with Gasteiger partial charge in [0.15, 0.2) is 0 Å². The number of hydrogen-bond donors (Lipinski definition) is 0. The van der Waals surface area contributed by atoms with Crippen molar-refractivity contribution >= 4 is 10.8 Å². The van der Waals surface area contributed by atoms with Crippen LogP contribution < -0.4 is 0 Å². The van der Waals surface area contributed by atoms with E-state index in [1.54, 1.807) is 0 Å². The van der Waals surface area contributed by atoms with Crippen LogP contribution in [0.4, 0.5) is 0 Å². The highest BCUT2D eigenvalue weighted by molar-refractivity contribution is 7.85. The van der Waals surface area contributed by atoms with Gasteiger partial charge in [0.05, 0.1) is 12.7 Å². The van der Waals surface area contributed by atoms with Crippen LogP contribution in [0.3, 0.4) is 0 Å². The van der Waals surface area contributed by atoms with Crippen molar-refractivity contribution in [3.63, 3.8) is 0 Å². The van der Waals surface area contributed by atoms with E-state index in [9.17, 15) is 4.21 Å². The third-order valence-corrected chi connectivity index (χ3v) is 5.54. The first-order valence-electron chi connectivity index (χ1n) is 6.55. The molecule has 1 aliphatic heterocycles. The van der Waals surface area contributed by atoms with Gasteiger partial charge < -0.3 is 4.42 Å². The molecular formula is C13H22N2O2S. The molecule has 0 saturated carbocycles. The zero-order valence-corrected chi connectivity index (χ0v) is 12.4. The summed E-state index contributed by atoms with van der Waals surface area (Å²) in [4.78, 5) is 6.63. The Bertz CT molecular complexity index is 430. The highest BCUT2D eigenvalue weighted by Gasteiger charge is 2.30. The van der Waals surface area contributed by atoms with Gasteiger partial charge in [0.2, 0.25) is 5.89 Å². The van der Waals surface area contributed by atoms with Crippen LogP contribution >= 0.6 is 0 Å². The minimum Gasteiger partial charge on any atom is -0.444 e. The Morgan fingerprint density at radius 3 is 2.89 bits per heavy atom. The van der Waals surface area contributed by atoms with Gasteiger partial charge in [0.1, 0.15) is 5.76 Å². The zero-order chi connectivity index (χ0) is 13.3. The number of nitrogens with zero attached hydrogens (tertiary/aromatic N) is 2. The first kappa shape index (κ1) is 13.7. The predicted molar refractivity (Wildman–Crippen MR) is 72.9 cm³/mol. The summed E-state index contributed by atoms with van der Waals surface area (Å²) in [5.74, 6) is 2.83. The van der Waals surface area contributed by atoms with E-state index < -0.39 is 10.8 Å². The van der Waals surface area contributed by atoms with E-state index >= 15 is 0 Å². The summed E-state index contributed by atoms with van der Waals surface area (Å²) in [5, 5.41) is 0.221. The van der Waals surface area contributed by atoms with E-state index in [4.69, 9.17) is 4.42 Å². The monoisotopic (exact) mass is 270 g/mol. The molecule has 0 radical (unpaired) electrons. The van der Waals surface area contributed by atoms with Gasteiger partial charge in [-0.15, -0.1) is 0 Å². The summed E-state index contributed by atoms with van der Waals surface area (Å²) in [6.07, 6.45) is 1.82. The first-order chi connectivity index (χ1) is 8.49. The smallest absolute Gasteiger partial charge is 0.208 e. The molecule has 0 amide bonds. The molecular weight excluding hydrogens is 248 g/mol. The van der Waals surface area contributed by atoms with Crippen LogP contribution in [0.1, 0.15) is 45.3 Å². The van der Waals surface area contributed by atoms with Gasteiger partial charge in [-0.25, -0.2) is 4.98 Å². The van der Waals surface area contributed by atoms with E-state index in [0.29, 0.717) is 12.0 Å². The van der Waals surface area contributed by atoms with Gasteiger partial charge in [-0.2, -0.15) is 0 Å². The van der Waals surface area contributed by atoms with Crippen LogP contribution in [-0.4, -0.2) is 37.7 Å². The molecule has 0 bridgehead atoms. The summed E-state index contributed by atoms with van der Waals surface area (Å²) in [7, 11) is -0.689. The van der Waals surface area contributed by atoms with Crippen molar-refractivity contribution in [3.05, 3.63) is 17.8 Å². The maximum Gasteiger partial charge on any atom is 0.208 e. The molecule has 1 aliphatic rings. The number of rotatable bonds is 3. The fourth-order valence-electron chi connectivity index (χ4n) is 2.17. The molecule has 1 aromatic heterocycles. The van der Waals surface area contributed by atoms with Gasteiger partial charge >= 0.3 is 0 Å². The van der Waals surface area contributed by atoms with Crippen LogP contribution in [-0.2, 0) is 17.3 Å². The lowest BCUT2D eigenvalue weighted by molar-refractivity contribution is 0.181. The molecule has 4 nitrogen and oxygen atoms in total. The Hall–Kier alpha value is -0.680. The topological polar surface area (TPSA) is 46.3 Å². The zero-order valence-electron chi connectivity index (χ0n) is 11.5. The number of hydrogen-bond acceptors (Lipinski definition) is 4. The number of aromatic nitrogens is 1. The Balaban J connectivity index is 2.02. The Morgan fingerprint density at radius 1 is 1.56 bits per heavy atom. The summed E-state index contributed by atoms with van der Waals surface area (Å²) < 4.78 is 17.5. The van der Waals surface area contributed by atoms with Crippen molar-refractivity contribution in [1.29, 1.82) is 0 Å². The highest BCUT2D eigenvalue weighted by atomic mass is 32.2. The first-order valence-corrected chi connectivity index (χ1v) is 7.93. The summed E-state index contributed by atoms with van der Waals surface area (Å²) in [6.45, 7) is 9.96. The average Bonchev–Trinajstić information content (AvgIpc) is 2.79. The van der Waals surface area contributed by atoms with Crippen molar-refractivity contribution < 1.29 is 8.63 Å². The second kappa shape index (κ2) is 5.53. The molecule has 1 fully saturated rings.